The molecule has 0 unspecified atom stereocenters. The Kier molecular flexibility index (Phi) is 6.01. The van der Waals surface area contributed by atoms with E-state index in [1.165, 1.54) is 0 Å². The molecule has 2 aromatic rings. The van der Waals surface area contributed by atoms with Crippen LogP contribution in [0.15, 0.2) is 36.8 Å². The van der Waals surface area contributed by atoms with Crippen molar-refractivity contribution in [3.05, 3.63) is 47.9 Å². The van der Waals surface area contributed by atoms with Gasteiger partial charge in [-0.2, -0.15) is 0 Å². The van der Waals surface area contributed by atoms with E-state index in [2.05, 4.69) is 25.5 Å². The van der Waals surface area contributed by atoms with Gasteiger partial charge in [0.15, 0.2) is 0 Å². The first-order valence-corrected chi connectivity index (χ1v) is 9.21. The van der Waals surface area contributed by atoms with Crippen LogP contribution in [0.1, 0.15) is 24.0 Å². The molecule has 2 amide bonds. The summed E-state index contributed by atoms with van der Waals surface area (Å²) in [5.74, 6) is 0.0243. The van der Waals surface area contributed by atoms with Gasteiger partial charge in [0.1, 0.15) is 5.82 Å². The Hall–Kier alpha value is -2.96. The Balaban J connectivity index is 1.44. The maximum absolute atomic E-state index is 12.1. The molecule has 27 heavy (non-hydrogen) atoms. The number of nitrogens with zero attached hydrogens (tertiary/aromatic N) is 3. The number of amides is 2. The quantitative estimate of drug-likeness (QED) is 0.808. The van der Waals surface area contributed by atoms with Gasteiger partial charge in [0, 0.05) is 37.7 Å². The number of aryl methyl sites for hydroxylation is 1. The van der Waals surface area contributed by atoms with Gasteiger partial charge in [-0.3, -0.25) is 14.6 Å². The maximum atomic E-state index is 12.1. The molecule has 0 aliphatic carbocycles. The molecule has 1 saturated heterocycles. The first-order valence-electron chi connectivity index (χ1n) is 9.21. The molecule has 1 aliphatic rings. The van der Waals surface area contributed by atoms with E-state index in [1.807, 2.05) is 26.0 Å². The molecule has 1 aromatic carbocycles. The first-order chi connectivity index (χ1) is 13.0. The Morgan fingerprint density at radius 1 is 1.15 bits per heavy atom. The molecular formula is C20H25N5O2. The molecular weight excluding hydrogens is 342 g/mol. The van der Waals surface area contributed by atoms with Crippen LogP contribution in [0, 0.1) is 19.8 Å². The van der Waals surface area contributed by atoms with Crippen LogP contribution in [0.4, 0.5) is 11.5 Å². The largest absolute Gasteiger partial charge is 0.355 e. The predicted molar refractivity (Wildman–Crippen MR) is 105 cm³/mol. The maximum Gasteiger partial charge on any atom is 0.313 e. The molecule has 142 valence electrons. The first kappa shape index (κ1) is 18.8. The van der Waals surface area contributed by atoms with Crippen molar-refractivity contribution in [3.63, 3.8) is 0 Å². The van der Waals surface area contributed by atoms with Crippen LogP contribution in [0.5, 0.6) is 0 Å². The highest BCUT2D eigenvalue weighted by Gasteiger charge is 2.22. The average molecular weight is 367 g/mol. The number of rotatable bonds is 4. The summed E-state index contributed by atoms with van der Waals surface area (Å²) in [4.78, 5) is 34.9. The number of carbonyl (C=O) groups is 2. The topological polar surface area (TPSA) is 87.2 Å². The van der Waals surface area contributed by atoms with Crippen LogP contribution >= 0.6 is 0 Å². The highest BCUT2D eigenvalue weighted by atomic mass is 16.2. The molecule has 1 aliphatic heterocycles. The zero-order chi connectivity index (χ0) is 19.2. The third kappa shape index (κ3) is 4.81. The van der Waals surface area contributed by atoms with Gasteiger partial charge < -0.3 is 15.5 Å². The summed E-state index contributed by atoms with van der Waals surface area (Å²) in [6, 6.07) is 5.63. The monoisotopic (exact) mass is 367 g/mol. The molecule has 0 spiro atoms. The van der Waals surface area contributed by atoms with Crippen molar-refractivity contribution in [2.45, 2.75) is 26.7 Å². The Bertz CT molecular complexity index is 801. The van der Waals surface area contributed by atoms with Crippen LogP contribution in [0.2, 0.25) is 0 Å². The van der Waals surface area contributed by atoms with Gasteiger partial charge in [0.25, 0.3) is 0 Å². The van der Waals surface area contributed by atoms with Crippen molar-refractivity contribution in [3.8, 4) is 0 Å². The molecule has 7 nitrogen and oxygen atoms in total. The van der Waals surface area contributed by atoms with E-state index in [1.54, 1.807) is 24.7 Å². The fourth-order valence-electron chi connectivity index (χ4n) is 3.20. The molecule has 1 aromatic heterocycles. The lowest BCUT2D eigenvalue weighted by molar-refractivity contribution is -0.136. The minimum absolute atomic E-state index is 0.357. The van der Waals surface area contributed by atoms with Gasteiger partial charge in [-0.1, -0.05) is 12.1 Å². The molecule has 3 rings (SSSR count). The molecule has 0 bridgehead atoms. The standard InChI is InChI=1S/C20H25N5O2/c1-14-4-3-5-17(15(14)2)24-20(27)19(26)23-12-16-6-10-25(11-7-16)18-13-21-8-9-22-18/h3-5,8-9,13,16H,6-7,10-12H2,1-2H3,(H,23,26)(H,24,27). The molecule has 7 heteroatoms. The summed E-state index contributed by atoms with van der Waals surface area (Å²) >= 11 is 0. The van der Waals surface area contributed by atoms with Crippen LogP contribution in [-0.4, -0.2) is 41.4 Å². The molecule has 2 N–H and O–H groups in total. The van der Waals surface area contributed by atoms with Crippen molar-refractivity contribution in [1.29, 1.82) is 0 Å². The van der Waals surface area contributed by atoms with E-state index in [4.69, 9.17) is 0 Å². The van der Waals surface area contributed by atoms with Crippen molar-refractivity contribution in [1.82, 2.24) is 15.3 Å². The highest BCUT2D eigenvalue weighted by Crippen LogP contribution is 2.21. The number of carbonyl (C=O) groups excluding carboxylic acids is 2. The van der Waals surface area contributed by atoms with Crippen molar-refractivity contribution in [2.24, 2.45) is 5.92 Å². The summed E-state index contributed by atoms with van der Waals surface area (Å²) in [7, 11) is 0. The number of nitrogens with one attached hydrogen (secondary N) is 2. The number of benzene rings is 1. The number of anilines is 2. The lowest BCUT2D eigenvalue weighted by atomic mass is 9.97. The van der Waals surface area contributed by atoms with E-state index < -0.39 is 11.8 Å². The fraction of sp³-hybridized carbons (Fsp3) is 0.400. The fourth-order valence-corrected chi connectivity index (χ4v) is 3.20. The molecule has 0 saturated carbocycles. The molecule has 2 heterocycles. The smallest absolute Gasteiger partial charge is 0.313 e. The van der Waals surface area contributed by atoms with Gasteiger partial charge in [0.2, 0.25) is 0 Å². The van der Waals surface area contributed by atoms with Crippen LogP contribution in [0.3, 0.4) is 0 Å². The van der Waals surface area contributed by atoms with Gasteiger partial charge in [-0.15, -0.1) is 0 Å². The van der Waals surface area contributed by atoms with E-state index in [9.17, 15) is 9.59 Å². The molecule has 1 fully saturated rings. The van der Waals surface area contributed by atoms with E-state index in [0.29, 0.717) is 18.2 Å². The SMILES string of the molecule is Cc1cccc(NC(=O)C(=O)NCC2CCN(c3cnccn3)CC2)c1C. The Labute approximate surface area is 159 Å². The second kappa shape index (κ2) is 8.62. The minimum Gasteiger partial charge on any atom is -0.355 e. The van der Waals surface area contributed by atoms with Crippen molar-refractivity contribution < 1.29 is 9.59 Å². The summed E-state index contributed by atoms with van der Waals surface area (Å²) < 4.78 is 0. The van der Waals surface area contributed by atoms with Crippen LogP contribution in [0.25, 0.3) is 0 Å². The number of piperidine rings is 1. The minimum atomic E-state index is -0.624. The zero-order valence-corrected chi connectivity index (χ0v) is 15.7. The third-order valence-electron chi connectivity index (χ3n) is 5.10. The number of hydrogen-bond acceptors (Lipinski definition) is 5. The normalized spacial score (nSPS) is 14.7. The van der Waals surface area contributed by atoms with Gasteiger partial charge in [-0.25, -0.2) is 4.98 Å². The highest BCUT2D eigenvalue weighted by molar-refractivity contribution is 6.39. The summed E-state index contributed by atoms with van der Waals surface area (Å²) in [5, 5.41) is 5.46. The van der Waals surface area contributed by atoms with Crippen LogP contribution < -0.4 is 15.5 Å². The predicted octanol–water partition coefficient (Wildman–Crippen LogP) is 2.06. The summed E-state index contributed by atoms with van der Waals surface area (Å²) in [6.45, 7) is 6.14. The lowest BCUT2D eigenvalue weighted by Gasteiger charge is -2.32. The second-order valence-corrected chi connectivity index (χ2v) is 6.91. The Morgan fingerprint density at radius 3 is 2.63 bits per heavy atom. The van der Waals surface area contributed by atoms with Crippen molar-refractivity contribution >= 4 is 23.3 Å². The van der Waals surface area contributed by atoms with Crippen LogP contribution in [-0.2, 0) is 9.59 Å². The van der Waals surface area contributed by atoms with E-state index in [0.717, 1.165) is 42.9 Å². The van der Waals surface area contributed by atoms with Gasteiger partial charge >= 0.3 is 11.8 Å². The van der Waals surface area contributed by atoms with Crippen molar-refractivity contribution in [2.75, 3.05) is 29.9 Å². The van der Waals surface area contributed by atoms with Gasteiger partial charge in [-0.05, 0) is 49.8 Å². The second-order valence-electron chi connectivity index (χ2n) is 6.91. The number of hydrogen-bond donors (Lipinski definition) is 2. The lowest BCUT2D eigenvalue weighted by Crippen LogP contribution is -2.42. The average Bonchev–Trinajstić information content (AvgIpc) is 2.70. The van der Waals surface area contributed by atoms with Gasteiger partial charge in [0.05, 0.1) is 6.20 Å². The summed E-state index contributed by atoms with van der Waals surface area (Å²) in [6.07, 6.45) is 7.00. The Morgan fingerprint density at radius 2 is 1.93 bits per heavy atom. The summed E-state index contributed by atoms with van der Waals surface area (Å²) in [5.41, 5.74) is 2.71. The third-order valence-corrected chi connectivity index (χ3v) is 5.10. The van der Waals surface area contributed by atoms with E-state index >= 15 is 0 Å². The molecule has 0 atom stereocenters. The zero-order valence-electron chi connectivity index (χ0n) is 15.7. The molecule has 0 radical (unpaired) electrons. The van der Waals surface area contributed by atoms with E-state index in [-0.39, 0.29) is 0 Å². The number of aromatic nitrogens is 2.